The van der Waals surface area contributed by atoms with Crippen LogP contribution in [0.1, 0.15) is 45.1 Å². The van der Waals surface area contributed by atoms with Gasteiger partial charge in [0.15, 0.2) is 0 Å². The van der Waals surface area contributed by atoms with Crippen molar-refractivity contribution in [3.05, 3.63) is 54.4 Å². The molecule has 1 N–H and O–H groups in total. The zero-order valence-corrected chi connectivity index (χ0v) is 17.5. The molecule has 29 heavy (non-hydrogen) atoms. The number of hydrogen-bond donors (Lipinski definition) is 1. The summed E-state index contributed by atoms with van der Waals surface area (Å²) in [6.45, 7) is 5.82. The maximum Gasteiger partial charge on any atom is 0.228 e. The number of likely N-dealkylation sites (tertiary alicyclic amines) is 1. The number of rotatable bonds is 7. The molecule has 5 nitrogen and oxygen atoms in total. The normalized spacial score (nSPS) is 19.0. The average molecular weight is 394 g/mol. The Kier molecular flexibility index (Phi) is 7.02. The summed E-state index contributed by atoms with van der Waals surface area (Å²) in [7, 11) is 0. The number of carbonyl (C=O) groups is 2. The van der Waals surface area contributed by atoms with Crippen LogP contribution in [0.25, 0.3) is 11.1 Å². The third-order valence-corrected chi connectivity index (χ3v) is 5.72. The van der Waals surface area contributed by atoms with Gasteiger partial charge in [-0.05, 0) is 61.4 Å². The first-order valence-electron chi connectivity index (χ1n) is 10.6. The van der Waals surface area contributed by atoms with E-state index in [1.807, 2.05) is 30.9 Å². The van der Waals surface area contributed by atoms with Crippen LogP contribution >= 0.6 is 0 Å². The van der Waals surface area contributed by atoms with E-state index in [4.69, 9.17) is 0 Å². The number of carbonyl (C=O) groups excluding carboxylic acids is 2. The Morgan fingerprint density at radius 2 is 1.76 bits per heavy atom. The van der Waals surface area contributed by atoms with E-state index >= 15 is 0 Å². The number of amides is 2. The third kappa shape index (κ3) is 5.03. The van der Waals surface area contributed by atoms with Crippen molar-refractivity contribution in [1.82, 2.24) is 15.2 Å². The number of nitrogens with zero attached hydrogens (tertiary/aromatic N) is 2. The molecule has 1 aromatic carbocycles. The monoisotopic (exact) mass is 393 g/mol. The SMILES string of the molecule is CCCC(=O)N1CCC[C@@](Cc2ccc(-c3ccncc3)cc2)(C(=O)NCC)C1. The minimum absolute atomic E-state index is 0.0622. The highest BCUT2D eigenvalue weighted by atomic mass is 16.2. The second-order valence-corrected chi connectivity index (χ2v) is 7.92. The van der Waals surface area contributed by atoms with Gasteiger partial charge >= 0.3 is 0 Å². The fourth-order valence-corrected chi connectivity index (χ4v) is 4.22. The van der Waals surface area contributed by atoms with Gasteiger partial charge in [0.2, 0.25) is 11.8 Å². The van der Waals surface area contributed by atoms with Crippen LogP contribution in [-0.2, 0) is 16.0 Å². The predicted octanol–water partition coefficient (Wildman–Crippen LogP) is 3.84. The summed E-state index contributed by atoms with van der Waals surface area (Å²) in [5, 5.41) is 3.02. The van der Waals surface area contributed by atoms with Gasteiger partial charge in [-0.3, -0.25) is 14.6 Å². The molecule has 0 radical (unpaired) electrons. The molecule has 2 amide bonds. The fraction of sp³-hybridized carbons (Fsp3) is 0.458. The molecule has 1 fully saturated rings. The van der Waals surface area contributed by atoms with E-state index in [0.29, 0.717) is 25.9 Å². The summed E-state index contributed by atoms with van der Waals surface area (Å²) >= 11 is 0. The summed E-state index contributed by atoms with van der Waals surface area (Å²) < 4.78 is 0. The summed E-state index contributed by atoms with van der Waals surface area (Å²) in [6.07, 6.45) is 7.27. The molecule has 0 aliphatic carbocycles. The second kappa shape index (κ2) is 9.68. The van der Waals surface area contributed by atoms with Gasteiger partial charge in [0.25, 0.3) is 0 Å². The number of pyridine rings is 1. The van der Waals surface area contributed by atoms with Gasteiger partial charge in [0.1, 0.15) is 0 Å². The Morgan fingerprint density at radius 1 is 1.07 bits per heavy atom. The van der Waals surface area contributed by atoms with E-state index in [-0.39, 0.29) is 11.8 Å². The highest BCUT2D eigenvalue weighted by molar-refractivity contribution is 5.85. The van der Waals surface area contributed by atoms with Gasteiger partial charge in [-0.15, -0.1) is 0 Å². The van der Waals surface area contributed by atoms with Gasteiger partial charge < -0.3 is 10.2 Å². The van der Waals surface area contributed by atoms with E-state index in [0.717, 1.165) is 42.5 Å². The standard InChI is InChI=1S/C24H31N3O2/c1-3-6-22(28)27-16-5-13-24(18-27,23(29)26-4-2)17-19-7-9-20(10-8-19)21-11-14-25-15-12-21/h7-12,14-15H,3-6,13,16-18H2,1-2H3,(H,26,29)/t24-/m0/s1. The number of hydrogen-bond acceptors (Lipinski definition) is 3. The van der Waals surface area contributed by atoms with Crippen molar-refractivity contribution in [3.63, 3.8) is 0 Å². The zero-order chi connectivity index (χ0) is 20.7. The molecule has 0 unspecified atom stereocenters. The molecule has 2 aromatic rings. The van der Waals surface area contributed by atoms with Crippen LogP contribution in [0.5, 0.6) is 0 Å². The van der Waals surface area contributed by atoms with Crippen molar-refractivity contribution in [2.75, 3.05) is 19.6 Å². The number of nitrogens with one attached hydrogen (secondary N) is 1. The quantitative estimate of drug-likeness (QED) is 0.777. The second-order valence-electron chi connectivity index (χ2n) is 7.92. The maximum atomic E-state index is 13.1. The van der Waals surface area contributed by atoms with Gasteiger partial charge in [0.05, 0.1) is 5.41 Å². The molecular weight excluding hydrogens is 362 g/mol. The molecule has 0 bridgehead atoms. The van der Waals surface area contributed by atoms with Crippen LogP contribution in [-0.4, -0.2) is 41.3 Å². The molecule has 2 heterocycles. The van der Waals surface area contributed by atoms with Crippen LogP contribution in [0.4, 0.5) is 0 Å². The fourth-order valence-electron chi connectivity index (χ4n) is 4.22. The summed E-state index contributed by atoms with van der Waals surface area (Å²) in [4.78, 5) is 31.6. The minimum Gasteiger partial charge on any atom is -0.356 e. The summed E-state index contributed by atoms with van der Waals surface area (Å²) in [5.74, 6) is 0.223. The van der Waals surface area contributed by atoms with Crippen molar-refractivity contribution in [3.8, 4) is 11.1 Å². The first kappa shape index (κ1) is 21.0. The summed E-state index contributed by atoms with van der Waals surface area (Å²) in [6, 6.07) is 12.4. The Morgan fingerprint density at radius 3 is 2.41 bits per heavy atom. The lowest BCUT2D eigenvalue weighted by Crippen LogP contribution is -2.54. The Balaban J connectivity index is 1.82. The topological polar surface area (TPSA) is 62.3 Å². The van der Waals surface area contributed by atoms with Crippen molar-refractivity contribution < 1.29 is 9.59 Å². The highest BCUT2D eigenvalue weighted by Gasteiger charge is 2.43. The maximum absolute atomic E-state index is 13.1. The van der Waals surface area contributed by atoms with Gasteiger partial charge in [0, 0.05) is 38.4 Å². The molecule has 1 saturated heterocycles. The minimum atomic E-state index is -0.560. The van der Waals surface area contributed by atoms with Gasteiger partial charge in [-0.1, -0.05) is 31.2 Å². The van der Waals surface area contributed by atoms with Crippen molar-refractivity contribution in [1.29, 1.82) is 0 Å². The largest absolute Gasteiger partial charge is 0.356 e. The molecule has 1 aliphatic heterocycles. The Hall–Kier alpha value is -2.69. The van der Waals surface area contributed by atoms with E-state index < -0.39 is 5.41 Å². The van der Waals surface area contributed by atoms with Crippen LogP contribution in [0, 0.1) is 5.41 Å². The lowest BCUT2D eigenvalue weighted by Gasteiger charge is -2.42. The number of piperidine rings is 1. The Bertz CT molecular complexity index is 820. The van der Waals surface area contributed by atoms with Crippen LogP contribution in [0.15, 0.2) is 48.8 Å². The summed E-state index contributed by atoms with van der Waals surface area (Å²) in [5.41, 5.74) is 2.82. The van der Waals surface area contributed by atoms with Crippen molar-refractivity contribution in [2.24, 2.45) is 5.41 Å². The number of benzene rings is 1. The molecular formula is C24H31N3O2. The lowest BCUT2D eigenvalue weighted by molar-refractivity contribution is -0.141. The van der Waals surface area contributed by atoms with Crippen LogP contribution < -0.4 is 5.32 Å². The van der Waals surface area contributed by atoms with Crippen LogP contribution in [0.2, 0.25) is 0 Å². The molecule has 3 rings (SSSR count). The van der Waals surface area contributed by atoms with E-state index in [2.05, 4.69) is 34.6 Å². The molecule has 5 heteroatoms. The molecule has 1 atom stereocenters. The lowest BCUT2D eigenvalue weighted by atomic mass is 9.74. The molecule has 1 aromatic heterocycles. The van der Waals surface area contributed by atoms with Crippen molar-refractivity contribution in [2.45, 2.75) is 46.0 Å². The van der Waals surface area contributed by atoms with Crippen LogP contribution in [0.3, 0.4) is 0 Å². The molecule has 154 valence electrons. The highest BCUT2D eigenvalue weighted by Crippen LogP contribution is 2.35. The zero-order valence-electron chi connectivity index (χ0n) is 17.5. The molecule has 1 aliphatic rings. The molecule has 0 spiro atoms. The van der Waals surface area contributed by atoms with Gasteiger partial charge in [-0.25, -0.2) is 0 Å². The number of aromatic nitrogens is 1. The smallest absolute Gasteiger partial charge is 0.228 e. The Labute approximate surface area is 173 Å². The first-order chi connectivity index (χ1) is 14.1. The predicted molar refractivity (Wildman–Crippen MR) is 115 cm³/mol. The average Bonchev–Trinajstić information content (AvgIpc) is 2.75. The van der Waals surface area contributed by atoms with E-state index in [9.17, 15) is 9.59 Å². The van der Waals surface area contributed by atoms with Crippen molar-refractivity contribution >= 4 is 11.8 Å². The first-order valence-corrected chi connectivity index (χ1v) is 10.6. The molecule has 0 saturated carbocycles. The van der Waals surface area contributed by atoms with E-state index in [1.165, 1.54) is 0 Å². The van der Waals surface area contributed by atoms with E-state index in [1.54, 1.807) is 12.4 Å². The third-order valence-electron chi connectivity index (χ3n) is 5.72. The van der Waals surface area contributed by atoms with Gasteiger partial charge in [-0.2, -0.15) is 0 Å².